The summed E-state index contributed by atoms with van der Waals surface area (Å²) in [7, 11) is 0. The third-order valence-corrected chi connectivity index (χ3v) is 3.32. The van der Waals surface area contributed by atoms with Gasteiger partial charge in [0.15, 0.2) is 0 Å². The van der Waals surface area contributed by atoms with Gasteiger partial charge < -0.3 is 4.74 Å². The maximum Gasteiger partial charge on any atom is 0.118 e. The van der Waals surface area contributed by atoms with Gasteiger partial charge in [0.25, 0.3) is 0 Å². The van der Waals surface area contributed by atoms with Gasteiger partial charge in [0.05, 0.1) is 0 Å². The van der Waals surface area contributed by atoms with Crippen molar-refractivity contribution in [3.63, 3.8) is 0 Å². The Labute approximate surface area is 124 Å². The summed E-state index contributed by atoms with van der Waals surface area (Å²) in [6.45, 7) is 2.70. The summed E-state index contributed by atoms with van der Waals surface area (Å²) in [4.78, 5) is 0. The molecule has 0 saturated heterocycles. The van der Waals surface area contributed by atoms with Gasteiger partial charge in [-0.1, -0.05) is 58.8 Å². The highest BCUT2D eigenvalue weighted by Crippen LogP contribution is 2.06. The van der Waals surface area contributed by atoms with Crippen LogP contribution >= 0.6 is 22.6 Å². The zero-order valence-electron chi connectivity index (χ0n) is 11.0. The molecule has 1 nitrogen and oxygen atoms in total. The van der Waals surface area contributed by atoms with Gasteiger partial charge in [-0.2, -0.15) is 0 Å². The third-order valence-electron chi connectivity index (χ3n) is 2.70. The SMILES string of the molecule is CC#CC(CCI)OCCCCc1ccccc1. The molecule has 1 atom stereocenters. The van der Waals surface area contributed by atoms with E-state index in [4.69, 9.17) is 4.74 Å². The lowest BCUT2D eigenvalue weighted by Crippen LogP contribution is -2.12. The molecule has 0 N–H and O–H groups in total. The maximum absolute atomic E-state index is 5.78. The molecule has 98 valence electrons. The van der Waals surface area contributed by atoms with E-state index in [9.17, 15) is 0 Å². The number of unbranched alkanes of at least 4 members (excludes halogenated alkanes) is 1. The first kappa shape index (κ1) is 15.5. The van der Waals surface area contributed by atoms with Gasteiger partial charge in [-0.05, 0) is 38.2 Å². The minimum atomic E-state index is 0.128. The molecule has 0 radical (unpaired) electrons. The van der Waals surface area contributed by atoms with Crippen molar-refractivity contribution in [3.05, 3.63) is 35.9 Å². The van der Waals surface area contributed by atoms with Gasteiger partial charge in [-0.3, -0.25) is 0 Å². The van der Waals surface area contributed by atoms with Crippen molar-refractivity contribution >= 4 is 22.6 Å². The van der Waals surface area contributed by atoms with Crippen LogP contribution in [0.25, 0.3) is 0 Å². The number of hydrogen-bond acceptors (Lipinski definition) is 1. The molecular weight excluding hydrogens is 335 g/mol. The highest BCUT2D eigenvalue weighted by atomic mass is 127. The lowest BCUT2D eigenvalue weighted by Gasteiger charge is -2.10. The fraction of sp³-hybridized carbons (Fsp3) is 0.500. The molecule has 0 aromatic heterocycles. The summed E-state index contributed by atoms with van der Waals surface area (Å²) < 4.78 is 6.88. The molecule has 0 aliphatic rings. The lowest BCUT2D eigenvalue weighted by atomic mass is 10.1. The molecule has 0 aliphatic carbocycles. The van der Waals surface area contributed by atoms with Crippen molar-refractivity contribution in [1.82, 2.24) is 0 Å². The van der Waals surface area contributed by atoms with Crippen LogP contribution in [0.15, 0.2) is 30.3 Å². The Bertz CT molecular complexity index is 364. The predicted octanol–water partition coefficient (Wildman–Crippen LogP) is 4.24. The van der Waals surface area contributed by atoms with Crippen molar-refractivity contribution in [2.45, 2.75) is 38.7 Å². The van der Waals surface area contributed by atoms with Gasteiger partial charge >= 0.3 is 0 Å². The Hall–Kier alpha value is -0.530. The van der Waals surface area contributed by atoms with E-state index < -0.39 is 0 Å². The minimum absolute atomic E-state index is 0.128. The van der Waals surface area contributed by atoms with Crippen LogP contribution in [0, 0.1) is 11.8 Å². The van der Waals surface area contributed by atoms with Crippen molar-refractivity contribution in [2.75, 3.05) is 11.0 Å². The second-order valence-electron chi connectivity index (χ2n) is 4.17. The van der Waals surface area contributed by atoms with Crippen LogP contribution in [-0.4, -0.2) is 17.1 Å². The van der Waals surface area contributed by atoms with Crippen LogP contribution < -0.4 is 0 Å². The summed E-state index contributed by atoms with van der Waals surface area (Å²) in [6, 6.07) is 10.6. The summed E-state index contributed by atoms with van der Waals surface area (Å²) in [5, 5.41) is 0. The monoisotopic (exact) mass is 356 g/mol. The average molecular weight is 356 g/mol. The van der Waals surface area contributed by atoms with Gasteiger partial charge in [0, 0.05) is 11.0 Å². The molecule has 0 spiro atoms. The van der Waals surface area contributed by atoms with E-state index in [1.165, 1.54) is 12.0 Å². The molecule has 0 bridgehead atoms. The molecule has 0 amide bonds. The minimum Gasteiger partial charge on any atom is -0.366 e. The molecule has 1 aromatic carbocycles. The highest BCUT2D eigenvalue weighted by molar-refractivity contribution is 14.1. The van der Waals surface area contributed by atoms with Gasteiger partial charge in [-0.25, -0.2) is 0 Å². The molecule has 1 aromatic rings. The number of ether oxygens (including phenoxy) is 1. The van der Waals surface area contributed by atoms with E-state index in [-0.39, 0.29) is 6.10 Å². The summed E-state index contributed by atoms with van der Waals surface area (Å²) in [5.41, 5.74) is 1.41. The van der Waals surface area contributed by atoms with Gasteiger partial charge in [0.2, 0.25) is 0 Å². The average Bonchev–Trinajstić information content (AvgIpc) is 2.40. The van der Waals surface area contributed by atoms with E-state index in [1.807, 2.05) is 6.92 Å². The van der Waals surface area contributed by atoms with Crippen molar-refractivity contribution in [3.8, 4) is 11.8 Å². The van der Waals surface area contributed by atoms with Crippen molar-refractivity contribution in [2.24, 2.45) is 0 Å². The molecule has 0 aliphatic heterocycles. The fourth-order valence-electron chi connectivity index (χ4n) is 1.76. The zero-order valence-corrected chi connectivity index (χ0v) is 13.2. The number of benzene rings is 1. The Morgan fingerprint density at radius 2 is 2.00 bits per heavy atom. The Balaban J connectivity index is 2.12. The lowest BCUT2D eigenvalue weighted by molar-refractivity contribution is 0.0872. The van der Waals surface area contributed by atoms with Crippen LogP contribution in [0.4, 0.5) is 0 Å². The Kier molecular flexibility index (Phi) is 8.97. The molecule has 0 saturated carbocycles. The highest BCUT2D eigenvalue weighted by Gasteiger charge is 2.03. The second-order valence-corrected chi connectivity index (χ2v) is 5.25. The number of alkyl halides is 1. The molecule has 0 fully saturated rings. The first-order chi connectivity index (χ1) is 8.86. The molecule has 2 heteroatoms. The topological polar surface area (TPSA) is 9.23 Å². The quantitative estimate of drug-likeness (QED) is 0.293. The van der Waals surface area contributed by atoms with Gasteiger partial charge in [0.1, 0.15) is 6.10 Å². The van der Waals surface area contributed by atoms with Crippen LogP contribution in [0.1, 0.15) is 31.7 Å². The summed E-state index contributed by atoms with van der Waals surface area (Å²) in [6.07, 6.45) is 4.59. The largest absolute Gasteiger partial charge is 0.366 e. The smallest absolute Gasteiger partial charge is 0.118 e. The Morgan fingerprint density at radius 1 is 1.22 bits per heavy atom. The molecule has 1 rings (SSSR count). The number of hydrogen-bond donors (Lipinski definition) is 0. The maximum atomic E-state index is 5.78. The Morgan fingerprint density at radius 3 is 2.67 bits per heavy atom. The van der Waals surface area contributed by atoms with E-state index in [0.717, 1.165) is 30.3 Å². The predicted molar refractivity (Wildman–Crippen MR) is 86.1 cm³/mol. The summed E-state index contributed by atoms with van der Waals surface area (Å²) >= 11 is 2.37. The van der Waals surface area contributed by atoms with Crippen molar-refractivity contribution < 1.29 is 4.74 Å². The second kappa shape index (κ2) is 10.4. The molecule has 1 unspecified atom stereocenters. The van der Waals surface area contributed by atoms with Crippen LogP contribution in [-0.2, 0) is 11.2 Å². The van der Waals surface area contributed by atoms with E-state index in [0.29, 0.717) is 0 Å². The first-order valence-electron chi connectivity index (χ1n) is 6.50. The summed E-state index contributed by atoms with van der Waals surface area (Å²) in [5.74, 6) is 6.06. The number of aryl methyl sites for hydroxylation is 1. The molecular formula is C16H21IO. The van der Waals surface area contributed by atoms with Gasteiger partial charge in [-0.15, -0.1) is 5.92 Å². The standard InChI is InChI=1S/C16H21IO/c1-2-8-16(12-13-17)18-14-7-6-11-15-9-4-3-5-10-15/h3-5,9-10,16H,6-7,11-14H2,1H3. The fourth-order valence-corrected chi connectivity index (χ4v) is 2.32. The normalized spacial score (nSPS) is 11.7. The van der Waals surface area contributed by atoms with E-state index in [2.05, 4.69) is 64.8 Å². The van der Waals surface area contributed by atoms with E-state index >= 15 is 0 Å². The van der Waals surface area contributed by atoms with Crippen LogP contribution in [0.3, 0.4) is 0 Å². The third kappa shape index (κ3) is 7.03. The van der Waals surface area contributed by atoms with Crippen LogP contribution in [0.5, 0.6) is 0 Å². The van der Waals surface area contributed by atoms with Crippen LogP contribution in [0.2, 0.25) is 0 Å². The number of halogens is 1. The zero-order chi connectivity index (χ0) is 13.1. The first-order valence-corrected chi connectivity index (χ1v) is 8.03. The molecule has 0 heterocycles. The molecule has 18 heavy (non-hydrogen) atoms. The number of rotatable bonds is 8. The van der Waals surface area contributed by atoms with Crippen molar-refractivity contribution in [1.29, 1.82) is 0 Å². The van der Waals surface area contributed by atoms with E-state index in [1.54, 1.807) is 0 Å².